The molecule has 0 aliphatic rings. The number of carbonyl (C=O) groups excluding carboxylic acids is 2. The van der Waals surface area contributed by atoms with Crippen molar-refractivity contribution in [2.45, 2.75) is 6.92 Å². The molecule has 0 radical (unpaired) electrons. The number of esters is 2. The number of rotatable bonds is 4. The van der Waals surface area contributed by atoms with Crippen LogP contribution in [0.2, 0.25) is 0 Å². The molecule has 0 N–H and O–H groups in total. The van der Waals surface area contributed by atoms with Gasteiger partial charge < -0.3 is 9.47 Å². The normalized spacial score (nSPS) is 9.24. The molecule has 4 heteroatoms. The molecule has 0 saturated carbocycles. The van der Waals surface area contributed by atoms with Gasteiger partial charge in [-0.1, -0.05) is 25.3 Å². The molecular formula is C13H12O4. The van der Waals surface area contributed by atoms with Crippen LogP contribution in [-0.4, -0.2) is 11.9 Å². The summed E-state index contributed by atoms with van der Waals surface area (Å²) in [6.07, 6.45) is 1.03. The summed E-state index contributed by atoms with van der Waals surface area (Å²) in [5, 5.41) is 0. The van der Waals surface area contributed by atoms with Gasteiger partial charge in [-0.3, -0.25) is 0 Å². The quantitative estimate of drug-likeness (QED) is 0.454. The van der Waals surface area contributed by atoms with Gasteiger partial charge in [0.25, 0.3) is 0 Å². The van der Waals surface area contributed by atoms with Crippen molar-refractivity contribution >= 4 is 11.9 Å². The molecule has 17 heavy (non-hydrogen) atoms. The first-order valence-corrected chi connectivity index (χ1v) is 4.85. The molecule has 88 valence electrons. The molecule has 0 aliphatic heterocycles. The Morgan fingerprint density at radius 3 is 2.18 bits per heavy atom. The van der Waals surface area contributed by atoms with Crippen molar-refractivity contribution in [2.75, 3.05) is 0 Å². The molecule has 0 atom stereocenters. The first-order valence-electron chi connectivity index (χ1n) is 4.85. The van der Waals surface area contributed by atoms with Crippen LogP contribution in [0.15, 0.2) is 49.1 Å². The van der Waals surface area contributed by atoms with E-state index >= 15 is 0 Å². The van der Waals surface area contributed by atoms with E-state index in [4.69, 9.17) is 9.47 Å². The molecule has 1 rings (SSSR count). The predicted molar refractivity (Wildman–Crippen MR) is 62.7 cm³/mol. The fourth-order valence-electron chi connectivity index (χ4n) is 0.956. The minimum absolute atomic E-state index is 0.159. The first kappa shape index (κ1) is 12.7. The van der Waals surface area contributed by atoms with Crippen LogP contribution in [0.3, 0.4) is 0 Å². The van der Waals surface area contributed by atoms with Crippen molar-refractivity contribution in [3.05, 3.63) is 49.1 Å². The van der Waals surface area contributed by atoms with E-state index in [-0.39, 0.29) is 17.1 Å². The molecule has 0 aliphatic carbocycles. The standard InChI is InChI=1S/C13H12O4/c1-4-12(14)16-10-7-5-6-8-11(10)17-13(15)9(2)3/h4-8H,1-2H2,3H3. The van der Waals surface area contributed by atoms with Gasteiger partial charge in [0.05, 0.1) is 0 Å². The maximum Gasteiger partial charge on any atom is 0.338 e. The molecule has 0 spiro atoms. The zero-order valence-corrected chi connectivity index (χ0v) is 9.43. The number of hydrogen-bond donors (Lipinski definition) is 0. The summed E-state index contributed by atoms with van der Waals surface area (Å²) >= 11 is 0. The third-order valence-corrected chi connectivity index (χ3v) is 1.78. The van der Waals surface area contributed by atoms with Crippen LogP contribution in [-0.2, 0) is 9.59 Å². The summed E-state index contributed by atoms with van der Waals surface area (Å²) in [5.74, 6) is -0.876. The van der Waals surface area contributed by atoms with Gasteiger partial charge in [0.1, 0.15) is 0 Å². The topological polar surface area (TPSA) is 52.6 Å². The lowest BCUT2D eigenvalue weighted by Gasteiger charge is -2.08. The number of para-hydroxylation sites is 2. The van der Waals surface area contributed by atoms with E-state index < -0.39 is 11.9 Å². The van der Waals surface area contributed by atoms with Crippen LogP contribution in [0.5, 0.6) is 11.5 Å². The predicted octanol–water partition coefficient (Wildman–Crippen LogP) is 2.26. The molecule has 0 amide bonds. The van der Waals surface area contributed by atoms with E-state index in [1.807, 2.05) is 0 Å². The number of hydrogen-bond acceptors (Lipinski definition) is 4. The molecule has 0 bridgehead atoms. The summed E-state index contributed by atoms with van der Waals surface area (Å²) in [5.41, 5.74) is 0.259. The van der Waals surface area contributed by atoms with Crippen molar-refractivity contribution in [2.24, 2.45) is 0 Å². The number of ether oxygens (including phenoxy) is 2. The lowest BCUT2D eigenvalue weighted by molar-refractivity contribution is -0.132. The molecular weight excluding hydrogens is 220 g/mol. The SMILES string of the molecule is C=CC(=O)Oc1ccccc1OC(=O)C(=C)C. The highest BCUT2D eigenvalue weighted by Gasteiger charge is 2.11. The smallest absolute Gasteiger partial charge is 0.338 e. The van der Waals surface area contributed by atoms with Gasteiger partial charge in [-0.15, -0.1) is 0 Å². The van der Waals surface area contributed by atoms with Crippen molar-refractivity contribution in [1.29, 1.82) is 0 Å². The van der Waals surface area contributed by atoms with Crippen LogP contribution in [0.1, 0.15) is 6.92 Å². The monoisotopic (exact) mass is 232 g/mol. The Kier molecular flexibility index (Phi) is 4.22. The van der Waals surface area contributed by atoms with Crippen molar-refractivity contribution in [3.8, 4) is 11.5 Å². The van der Waals surface area contributed by atoms with E-state index in [1.54, 1.807) is 12.1 Å². The molecule has 0 heterocycles. The number of benzene rings is 1. The Morgan fingerprint density at radius 1 is 1.18 bits per heavy atom. The maximum atomic E-state index is 11.3. The van der Waals surface area contributed by atoms with Crippen molar-refractivity contribution < 1.29 is 19.1 Å². The van der Waals surface area contributed by atoms with Gasteiger partial charge in [0.15, 0.2) is 11.5 Å². The van der Waals surface area contributed by atoms with E-state index in [9.17, 15) is 9.59 Å². The Labute approximate surface area is 99.2 Å². The molecule has 0 unspecified atom stereocenters. The average Bonchev–Trinajstić information content (AvgIpc) is 2.31. The highest BCUT2D eigenvalue weighted by molar-refractivity contribution is 5.89. The minimum Gasteiger partial charge on any atom is -0.419 e. The maximum absolute atomic E-state index is 11.3. The third-order valence-electron chi connectivity index (χ3n) is 1.78. The number of carbonyl (C=O) groups is 2. The van der Waals surface area contributed by atoms with Crippen molar-refractivity contribution in [1.82, 2.24) is 0 Å². The zero-order valence-electron chi connectivity index (χ0n) is 9.43. The molecule has 1 aromatic carbocycles. The highest BCUT2D eigenvalue weighted by atomic mass is 16.6. The van der Waals surface area contributed by atoms with E-state index in [2.05, 4.69) is 13.2 Å². The Morgan fingerprint density at radius 2 is 1.71 bits per heavy atom. The average molecular weight is 232 g/mol. The van der Waals surface area contributed by atoms with E-state index in [0.717, 1.165) is 6.08 Å². The van der Waals surface area contributed by atoms with Crippen LogP contribution in [0.4, 0.5) is 0 Å². The second-order valence-electron chi connectivity index (χ2n) is 3.24. The molecule has 1 aromatic rings. The Bertz CT molecular complexity index is 474. The van der Waals surface area contributed by atoms with Crippen LogP contribution in [0.25, 0.3) is 0 Å². The first-order chi connectivity index (χ1) is 8.04. The lowest BCUT2D eigenvalue weighted by atomic mass is 10.3. The Balaban J connectivity index is 2.91. The Hall–Kier alpha value is -2.36. The summed E-state index contributed by atoms with van der Waals surface area (Å²) in [6.45, 7) is 8.27. The summed E-state index contributed by atoms with van der Waals surface area (Å²) < 4.78 is 9.91. The second kappa shape index (κ2) is 5.65. The molecule has 0 fully saturated rings. The molecule has 4 nitrogen and oxygen atoms in total. The summed E-state index contributed by atoms with van der Waals surface area (Å²) in [6, 6.07) is 6.35. The van der Waals surface area contributed by atoms with Crippen molar-refractivity contribution in [3.63, 3.8) is 0 Å². The van der Waals surface area contributed by atoms with E-state index in [0.29, 0.717) is 0 Å². The molecule has 0 aromatic heterocycles. The van der Waals surface area contributed by atoms with Gasteiger partial charge >= 0.3 is 11.9 Å². The highest BCUT2D eigenvalue weighted by Crippen LogP contribution is 2.27. The van der Waals surface area contributed by atoms with E-state index in [1.165, 1.54) is 19.1 Å². The fraction of sp³-hybridized carbons (Fsp3) is 0.0769. The van der Waals surface area contributed by atoms with Gasteiger partial charge in [0, 0.05) is 11.6 Å². The van der Waals surface area contributed by atoms with Gasteiger partial charge in [-0.05, 0) is 19.1 Å². The minimum atomic E-state index is -0.621. The zero-order chi connectivity index (χ0) is 12.8. The lowest BCUT2D eigenvalue weighted by Crippen LogP contribution is -2.10. The largest absolute Gasteiger partial charge is 0.419 e. The summed E-state index contributed by atoms with van der Waals surface area (Å²) in [4.78, 5) is 22.4. The van der Waals surface area contributed by atoms with Crippen LogP contribution >= 0.6 is 0 Å². The third kappa shape index (κ3) is 3.61. The van der Waals surface area contributed by atoms with Gasteiger partial charge in [-0.2, -0.15) is 0 Å². The van der Waals surface area contributed by atoms with Gasteiger partial charge in [0.2, 0.25) is 0 Å². The fourth-order valence-corrected chi connectivity index (χ4v) is 0.956. The summed E-state index contributed by atoms with van der Waals surface area (Å²) in [7, 11) is 0. The van der Waals surface area contributed by atoms with Gasteiger partial charge in [-0.25, -0.2) is 9.59 Å². The second-order valence-corrected chi connectivity index (χ2v) is 3.24. The van der Waals surface area contributed by atoms with Crippen LogP contribution < -0.4 is 9.47 Å². The molecule has 0 saturated heterocycles. The van der Waals surface area contributed by atoms with Crippen LogP contribution in [0, 0.1) is 0 Å².